The van der Waals surface area contributed by atoms with Gasteiger partial charge in [-0.15, -0.1) is 0 Å². The number of halogens is 1. The van der Waals surface area contributed by atoms with Gasteiger partial charge in [0, 0.05) is 32.7 Å². The predicted molar refractivity (Wildman–Crippen MR) is 106 cm³/mol. The minimum Gasteiger partial charge on any atom is -0.361 e. The molecule has 0 spiro atoms. The number of aromatic nitrogens is 1. The second-order valence-corrected chi connectivity index (χ2v) is 7.88. The third-order valence-corrected chi connectivity index (χ3v) is 4.55. The first-order valence-corrected chi connectivity index (χ1v) is 8.84. The monoisotopic (exact) mass is 397 g/mol. The van der Waals surface area contributed by atoms with Gasteiger partial charge in [0.15, 0.2) is 0 Å². The second-order valence-electron chi connectivity index (χ2n) is 6.96. The van der Waals surface area contributed by atoms with Crippen molar-refractivity contribution in [3.63, 3.8) is 0 Å². The molecule has 0 aliphatic heterocycles. The van der Waals surface area contributed by atoms with E-state index in [0.717, 1.165) is 20.9 Å². The highest BCUT2D eigenvalue weighted by molar-refractivity contribution is 9.10. The van der Waals surface area contributed by atoms with Crippen molar-refractivity contribution >= 4 is 39.0 Å². The van der Waals surface area contributed by atoms with Crippen LogP contribution in [0.25, 0.3) is 10.9 Å². The van der Waals surface area contributed by atoms with E-state index < -0.39 is 0 Å². The van der Waals surface area contributed by atoms with Gasteiger partial charge in [-0.2, -0.15) is 5.10 Å². The van der Waals surface area contributed by atoms with E-state index >= 15 is 0 Å². The number of benzene rings is 2. The molecule has 0 aliphatic carbocycles. The fourth-order valence-electron chi connectivity index (χ4n) is 2.57. The molecule has 25 heavy (non-hydrogen) atoms. The molecule has 0 saturated carbocycles. The summed E-state index contributed by atoms with van der Waals surface area (Å²) in [5.74, 6) is -0.224. The molecule has 1 aromatic heterocycles. The molecule has 0 fully saturated rings. The minimum absolute atomic E-state index is 0.0662. The summed E-state index contributed by atoms with van der Waals surface area (Å²) in [6, 6.07) is 13.6. The summed E-state index contributed by atoms with van der Waals surface area (Å²) in [7, 11) is 0. The topological polar surface area (TPSA) is 57.2 Å². The Hall–Kier alpha value is -2.40. The highest BCUT2D eigenvalue weighted by Gasteiger charge is 2.14. The van der Waals surface area contributed by atoms with E-state index in [-0.39, 0.29) is 11.3 Å². The number of hydrogen-bond acceptors (Lipinski definition) is 2. The van der Waals surface area contributed by atoms with Crippen molar-refractivity contribution in [2.45, 2.75) is 26.2 Å². The van der Waals surface area contributed by atoms with Crippen molar-refractivity contribution < 1.29 is 4.79 Å². The van der Waals surface area contributed by atoms with Crippen molar-refractivity contribution in [1.82, 2.24) is 10.4 Å². The minimum atomic E-state index is -0.224. The Morgan fingerprint density at radius 1 is 1.16 bits per heavy atom. The van der Waals surface area contributed by atoms with Gasteiger partial charge in [0.2, 0.25) is 0 Å². The molecule has 3 aromatic rings. The molecule has 5 heteroatoms. The zero-order valence-corrected chi connectivity index (χ0v) is 16.0. The normalized spacial score (nSPS) is 12.0. The summed E-state index contributed by atoms with van der Waals surface area (Å²) in [4.78, 5) is 15.4. The average Bonchev–Trinajstić information content (AvgIpc) is 2.96. The highest BCUT2D eigenvalue weighted by atomic mass is 79.9. The van der Waals surface area contributed by atoms with Crippen LogP contribution in [0.15, 0.2) is 58.2 Å². The number of hydrogen-bond donors (Lipinski definition) is 2. The van der Waals surface area contributed by atoms with E-state index in [2.05, 4.69) is 52.2 Å². The zero-order chi connectivity index (χ0) is 18.0. The molecule has 0 saturated heterocycles. The molecule has 1 heterocycles. The van der Waals surface area contributed by atoms with E-state index in [4.69, 9.17) is 0 Å². The number of rotatable bonds is 3. The number of amides is 1. The van der Waals surface area contributed by atoms with Gasteiger partial charge in [-0.05, 0) is 41.3 Å². The first-order valence-electron chi connectivity index (χ1n) is 8.05. The predicted octanol–water partition coefficient (Wildman–Crippen LogP) is 4.99. The number of carbonyl (C=O) groups excluding carboxylic acids is 1. The molecular formula is C20H20BrN3O. The van der Waals surface area contributed by atoms with Crippen LogP contribution in [0.5, 0.6) is 0 Å². The van der Waals surface area contributed by atoms with Crippen LogP contribution in [0.4, 0.5) is 0 Å². The molecule has 1 amide bonds. The van der Waals surface area contributed by atoms with E-state index in [9.17, 15) is 4.79 Å². The SMILES string of the molecule is CC(C)(C)c1ccc(C(=O)N/N=C/c2c[nH]c3ccc(Br)cc23)cc1. The van der Waals surface area contributed by atoms with Crippen molar-refractivity contribution in [2.75, 3.05) is 0 Å². The van der Waals surface area contributed by atoms with E-state index in [1.54, 1.807) is 6.21 Å². The molecule has 2 N–H and O–H groups in total. The lowest BCUT2D eigenvalue weighted by Crippen LogP contribution is -2.18. The van der Waals surface area contributed by atoms with Gasteiger partial charge in [-0.25, -0.2) is 5.43 Å². The van der Waals surface area contributed by atoms with Crippen LogP contribution in [0.3, 0.4) is 0 Å². The molecule has 2 aromatic carbocycles. The molecule has 0 radical (unpaired) electrons. The third kappa shape index (κ3) is 3.99. The Bertz CT molecular complexity index is 934. The fourth-order valence-corrected chi connectivity index (χ4v) is 2.93. The van der Waals surface area contributed by atoms with Crippen LogP contribution >= 0.6 is 15.9 Å². The molecule has 0 bridgehead atoms. The Balaban J connectivity index is 1.71. The smallest absolute Gasteiger partial charge is 0.271 e. The number of carbonyl (C=O) groups is 1. The van der Waals surface area contributed by atoms with Crippen LogP contribution < -0.4 is 5.43 Å². The Kier molecular flexibility index (Phi) is 4.77. The standard InChI is InChI=1S/C20H20BrN3O/c1-20(2,3)15-6-4-13(5-7-15)19(25)24-23-12-14-11-22-18-9-8-16(21)10-17(14)18/h4-12,22H,1-3H3,(H,24,25)/b23-12+. The van der Waals surface area contributed by atoms with Gasteiger partial charge in [0.25, 0.3) is 5.91 Å². The van der Waals surface area contributed by atoms with Crippen molar-refractivity contribution in [3.8, 4) is 0 Å². The Morgan fingerprint density at radius 3 is 2.56 bits per heavy atom. The van der Waals surface area contributed by atoms with Gasteiger partial charge in [-0.3, -0.25) is 4.79 Å². The van der Waals surface area contributed by atoms with Gasteiger partial charge in [0.1, 0.15) is 0 Å². The quantitative estimate of drug-likeness (QED) is 0.474. The number of hydrazone groups is 1. The van der Waals surface area contributed by atoms with Crippen LogP contribution in [0.1, 0.15) is 42.3 Å². The third-order valence-electron chi connectivity index (χ3n) is 4.06. The second kappa shape index (κ2) is 6.84. The largest absolute Gasteiger partial charge is 0.361 e. The number of fused-ring (bicyclic) bond motifs is 1. The lowest BCUT2D eigenvalue weighted by atomic mass is 9.87. The van der Waals surface area contributed by atoms with Crippen molar-refractivity contribution in [3.05, 3.63) is 69.8 Å². The van der Waals surface area contributed by atoms with Crippen LogP contribution in [0.2, 0.25) is 0 Å². The maximum absolute atomic E-state index is 12.2. The number of nitrogens with zero attached hydrogens (tertiary/aromatic N) is 1. The number of aromatic amines is 1. The molecule has 4 nitrogen and oxygen atoms in total. The summed E-state index contributed by atoms with van der Waals surface area (Å²) in [6.45, 7) is 6.43. The fraction of sp³-hybridized carbons (Fsp3) is 0.200. The first-order chi connectivity index (χ1) is 11.8. The molecule has 3 rings (SSSR count). The maximum atomic E-state index is 12.2. The number of H-pyrrole nitrogens is 1. The maximum Gasteiger partial charge on any atom is 0.271 e. The zero-order valence-electron chi connectivity index (χ0n) is 14.4. The summed E-state index contributed by atoms with van der Waals surface area (Å²) < 4.78 is 0.997. The average molecular weight is 398 g/mol. The van der Waals surface area contributed by atoms with Gasteiger partial charge in [0.05, 0.1) is 6.21 Å². The molecular weight excluding hydrogens is 378 g/mol. The van der Waals surface area contributed by atoms with Gasteiger partial charge in [-0.1, -0.05) is 48.8 Å². The summed E-state index contributed by atoms with van der Waals surface area (Å²) in [5, 5.41) is 5.12. The summed E-state index contributed by atoms with van der Waals surface area (Å²) in [5.41, 5.74) is 6.37. The van der Waals surface area contributed by atoms with Gasteiger partial charge < -0.3 is 4.98 Å². The Labute approximate surface area is 155 Å². The summed E-state index contributed by atoms with van der Waals surface area (Å²) in [6.07, 6.45) is 3.51. The van der Waals surface area contributed by atoms with Crippen molar-refractivity contribution in [2.24, 2.45) is 5.10 Å². The van der Waals surface area contributed by atoms with Gasteiger partial charge >= 0.3 is 0 Å². The van der Waals surface area contributed by atoms with E-state index in [0.29, 0.717) is 5.56 Å². The highest BCUT2D eigenvalue weighted by Crippen LogP contribution is 2.23. The van der Waals surface area contributed by atoms with Crippen LogP contribution in [0, 0.1) is 0 Å². The Morgan fingerprint density at radius 2 is 1.88 bits per heavy atom. The van der Waals surface area contributed by atoms with E-state index in [1.807, 2.05) is 48.7 Å². The molecule has 128 valence electrons. The molecule has 0 aliphatic rings. The van der Waals surface area contributed by atoms with Crippen LogP contribution in [-0.2, 0) is 5.41 Å². The first kappa shape index (κ1) is 17.4. The lowest BCUT2D eigenvalue weighted by molar-refractivity contribution is 0.0955. The molecule has 0 atom stereocenters. The molecule has 0 unspecified atom stereocenters. The van der Waals surface area contributed by atoms with Crippen molar-refractivity contribution in [1.29, 1.82) is 0 Å². The summed E-state index contributed by atoms with van der Waals surface area (Å²) >= 11 is 3.46. The lowest BCUT2D eigenvalue weighted by Gasteiger charge is -2.18. The van der Waals surface area contributed by atoms with Crippen LogP contribution in [-0.4, -0.2) is 17.1 Å². The van der Waals surface area contributed by atoms with E-state index in [1.165, 1.54) is 5.56 Å². The number of nitrogens with one attached hydrogen (secondary N) is 2.